The Morgan fingerprint density at radius 2 is 1.84 bits per heavy atom. The van der Waals surface area contributed by atoms with Gasteiger partial charge in [0, 0.05) is 50.4 Å². The number of halogens is 1. The Labute approximate surface area is 187 Å². The van der Waals surface area contributed by atoms with Crippen molar-refractivity contribution in [3.05, 3.63) is 77.1 Å². The molecular formula is C24H25ClN4O2. The topological polar surface area (TPSA) is 58.4 Å². The van der Waals surface area contributed by atoms with Crippen molar-refractivity contribution in [2.75, 3.05) is 19.6 Å². The average molecular weight is 437 g/mol. The van der Waals surface area contributed by atoms with E-state index in [-0.39, 0.29) is 17.9 Å². The summed E-state index contributed by atoms with van der Waals surface area (Å²) in [5.74, 6) is -0.153. The molecule has 160 valence electrons. The minimum atomic E-state index is -0.204. The summed E-state index contributed by atoms with van der Waals surface area (Å²) in [5.41, 5.74) is 3.62. The number of aromatic nitrogens is 2. The summed E-state index contributed by atoms with van der Waals surface area (Å²) in [6.45, 7) is 6.28. The Bertz CT molecular complexity index is 1100. The number of benzene rings is 2. The van der Waals surface area contributed by atoms with Crippen LogP contribution >= 0.6 is 11.6 Å². The Hall–Kier alpha value is -2.96. The number of Topliss-reactive ketones (excluding diaryl/α,β-unsaturated/α-hetero) is 1. The number of carbonyl (C=O) groups excluding carboxylic acids is 2. The first-order chi connectivity index (χ1) is 14.9. The van der Waals surface area contributed by atoms with E-state index in [0.717, 1.165) is 41.3 Å². The Balaban J connectivity index is 1.40. The van der Waals surface area contributed by atoms with Gasteiger partial charge in [-0.25, -0.2) is 4.79 Å². The molecule has 1 atom stereocenters. The summed E-state index contributed by atoms with van der Waals surface area (Å²) in [6.07, 6.45) is 1.55. The summed E-state index contributed by atoms with van der Waals surface area (Å²) in [5, 5.41) is 4.85. The van der Waals surface area contributed by atoms with Gasteiger partial charge in [0.2, 0.25) is 0 Å². The van der Waals surface area contributed by atoms with Gasteiger partial charge >= 0.3 is 6.03 Å². The zero-order valence-electron chi connectivity index (χ0n) is 17.7. The van der Waals surface area contributed by atoms with Gasteiger partial charge in [0.25, 0.3) is 0 Å². The monoisotopic (exact) mass is 436 g/mol. The van der Waals surface area contributed by atoms with Crippen molar-refractivity contribution in [2.24, 2.45) is 0 Å². The molecule has 1 aliphatic rings. The first-order valence-electron chi connectivity index (χ1n) is 10.4. The molecule has 0 saturated carbocycles. The van der Waals surface area contributed by atoms with Crippen LogP contribution in [0.25, 0.3) is 11.1 Å². The summed E-state index contributed by atoms with van der Waals surface area (Å²) in [7, 11) is 0. The molecule has 7 heteroatoms. The van der Waals surface area contributed by atoms with Crippen LogP contribution in [0.15, 0.2) is 60.8 Å². The lowest BCUT2D eigenvalue weighted by atomic mass is 10.0. The molecule has 4 rings (SSSR count). The predicted octanol–water partition coefficient (Wildman–Crippen LogP) is 4.58. The van der Waals surface area contributed by atoms with E-state index in [1.54, 1.807) is 17.2 Å². The Morgan fingerprint density at radius 3 is 2.48 bits per heavy atom. The lowest BCUT2D eigenvalue weighted by Crippen LogP contribution is -2.54. The van der Waals surface area contributed by atoms with Crippen molar-refractivity contribution < 1.29 is 9.59 Å². The van der Waals surface area contributed by atoms with Crippen molar-refractivity contribution in [3.63, 3.8) is 0 Å². The highest BCUT2D eigenvalue weighted by atomic mass is 35.5. The standard InChI is InChI=1S/C24H25ClN4O2/c1-17-15-27(12-13-28(17)24(31)29-11-10-23(26-29)18(2)30)16-21-9-8-20(14-22(21)25)19-6-4-3-5-7-19/h3-11,14,17H,12-13,15-16H2,1-2H3/t17-/m1/s1. The van der Waals surface area contributed by atoms with Crippen molar-refractivity contribution in [3.8, 4) is 11.1 Å². The molecule has 1 aliphatic heterocycles. The van der Waals surface area contributed by atoms with Crippen molar-refractivity contribution in [2.45, 2.75) is 26.4 Å². The maximum atomic E-state index is 12.8. The first kappa shape index (κ1) is 21.3. The quantitative estimate of drug-likeness (QED) is 0.561. The summed E-state index contributed by atoms with van der Waals surface area (Å²) in [6, 6.07) is 17.8. The molecule has 3 aromatic rings. The molecule has 0 spiro atoms. The van der Waals surface area contributed by atoms with Crippen molar-refractivity contribution in [1.82, 2.24) is 19.6 Å². The van der Waals surface area contributed by atoms with Crippen molar-refractivity contribution in [1.29, 1.82) is 0 Å². The number of nitrogens with zero attached hydrogens (tertiary/aromatic N) is 4. The van der Waals surface area contributed by atoms with Gasteiger partial charge in [-0.05, 0) is 35.7 Å². The van der Waals surface area contributed by atoms with Gasteiger partial charge in [-0.1, -0.05) is 54.1 Å². The second kappa shape index (κ2) is 9.04. The van der Waals surface area contributed by atoms with E-state index in [4.69, 9.17) is 11.6 Å². The summed E-state index contributed by atoms with van der Waals surface area (Å²) < 4.78 is 1.25. The third kappa shape index (κ3) is 4.70. The van der Waals surface area contributed by atoms with Crippen molar-refractivity contribution >= 4 is 23.4 Å². The van der Waals surface area contributed by atoms with E-state index in [1.807, 2.05) is 31.2 Å². The molecule has 6 nitrogen and oxygen atoms in total. The van der Waals surface area contributed by atoms with Gasteiger partial charge < -0.3 is 4.90 Å². The normalized spacial score (nSPS) is 17.0. The fraction of sp³-hybridized carbons (Fsp3) is 0.292. The Morgan fingerprint density at radius 1 is 1.06 bits per heavy atom. The number of carbonyl (C=O) groups is 2. The second-order valence-electron chi connectivity index (χ2n) is 7.93. The number of hydrogen-bond acceptors (Lipinski definition) is 4. The SMILES string of the molecule is CC(=O)c1ccn(C(=O)N2CCN(Cc3ccc(-c4ccccc4)cc3Cl)C[C@H]2C)n1. The zero-order chi connectivity index (χ0) is 22.0. The van der Waals surface area contributed by atoms with Gasteiger partial charge in [0.1, 0.15) is 5.69 Å². The molecule has 1 aromatic heterocycles. The molecular weight excluding hydrogens is 412 g/mol. The largest absolute Gasteiger partial charge is 0.344 e. The maximum absolute atomic E-state index is 12.8. The van der Waals surface area contributed by atoms with E-state index in [1.165, 1.54) is 11.6 Å². The minimum Gasteiger partial charge on any atom is -0.318 e. The fourth-order valence-corrected chi connectivity index (χ4v) is 4.18. The molecule has 1 fully saturated rings. The van der Waals surface area contributed by atoms with Crippen LogP contribution in [0.1, 0.15) is 29.9 Å². The molecule has 0 unspecified atom stereocenters. The highest BCUT2D eigenvalue weighted by Crippen LogP contribution is 2.27. The number of amides is 1. The van der Waals surface area contributed by atoms with E-state index in [0.29, 0.717) is 12.2 Å². The molecule has 1 amide bonds. The lowest BCUT2D eigenvalue weighted by molar-refractivity contribution is 0.0965. The highest BCUT2D eigenvalue weighted by molar-refractivity contribution is 6.31. The first-order valence-corrected chi connectivity index (χ1v) is 10.7. The smallest absolute Gasteiger partial charge is 0.318 e. The molecule has 0 aliphatic carbocycles. The summed E-state index contributed by atoms with van der Waals surface area (Å²) in [4.78, 5) is 28.4. The molecule has 31 heavy (non-hydrogen) atoms. The van der Waals surface area contributed by atoms with Gasteiger partial charge in [0.05, 0.1) is 0 Å². The van der Waals surface area contributed by atoms with Crippen LogP contribution in [0.3, 0.4) is 0 Å². The average Bonchev–Trinajstić information content (AvgIpc) is 3.26. The molecule has 2 aromatic carbocycles. The van der Waals surface area contributed by atoms with Gasteiger partial charge in [-0.3, -0.25) is 9.69 Å². The van der Waals surface area contributed by atoms with E-state index < -0.39 is 0 Å². The minimum absolute atomic E-state index is 0.0218. The van der Waals surface area contributed by atoms with Crippen LogP contribution in [-0.4, -0.2) is 57.1 Å². The maximum Gasteiger partial charge on any atom is 0.344 e. The predicted molar refractivity (Wildman–Crippen MR) is 121 cm³/mol. The van der Waals surface area contributed by atoms with Crippen LogP contribution in [0.4, 0.5) is 4.79 Å². The van der Waals surface area contributed by atoms with Crippen LogP contribution in [0, 0.1) is 0 Å². The number of rotatable bonds is 4. The van der Waals surface area contributed by atoms with Gasteiger partial charge in [-0.15, -0.1) is 0 Å². The summed E-state index contributed by atoms with van der Waals surface area (Å²) >= 11 is 6.59. The van der Waals surface area contributed by atoms with Crippen LogP contribution in [0.2, 0.25) is 5.02 Å². The van der Waals surface area contributed by atoms with Crippen LogP contribution < -0.4 is 0 Å². The molecule has 2 heterocycles. The number of hydrogen-bond donors (Lipinski definition) is 0. The lowest BCUT2D eigenvalue weighted by Gasteiger charge is -2.39. The molecule has 1 saturated heterocycles. The zero-order valence-corrected chi connectivity index (χ0v) is 18.4. The fourth-order valence-electron chi connectivity index (χ4n) is 3.94. The Kier molecular flexibility index (Phi) is 6.20. The van der Waals surface area contributed by atoms with E-state index >= 15 is 0 Å². The molecule has 0 bridgehead atoms. The molecule has 0 N–H and O–H groups in total. The van der Waals surface area contributed by atoms with Crippen LogP contribution in [0.5, 0.6) is 0 Å². The number of piperazine rings is 1. The van der Waals surface area contributed by atoms with E-state index in [2.05, 4.69) is 34.3 Å². The highest BCUT2D eigenvalue weighted by Gasteiger charge is 2.29. The third-order valence-corrected chi connectivity index (χ3v) is 6.01. The van der Waals surface area contributed by atoms with E-state index in [9.17, 15) is 9.59 Å². The van der Waals surface area contributed by atoms with Gasteiger partial charge in [-0.2, -0.15) is 9.78 Å². The molecule has 0 radical (unpaired) electrons. The van der Waals surface area contributed by atoms with Crippen LogP contribution in [-0.2, 0) is 6.54 Å². The number of ketones is 1. The third-order valence-electron chi connectivity index (χ3n) is 5.66. The van der Waals surface area contributed by atoms with Gasteiger partial charge in [0.15, 0.2) is 5.78 Å². The second-order valence-corrected chi connectivity index (χ2v) is 8.34.